The van der Waals surface area contributed by atoms with Crippen LogP contribution in [0.25, 0.3) is 0 Å². The zero-order valence-electron chi connectivity index (χ0n) is 15.0. The second-order valence-corrected chi connectivity index (χ2v) is 5.40. The van der Waals surface area contributed by atoms with Crippen molar-refractivity contribution in [1.82, 2.24) is 0 Å². The van der Waals surface area contributed by atoms with Gasteiger partial charge in [-0.3, -0.25) is 0 Å². The number of rotatable bonds is 12. The number of benzene rings is 1. The van der Waals surface area contributed by atoms with Gasteiger partial charge in [0.2, 0.25) is 0 Å². The number of hydrogen-bond acceptors (Lipinski definition) is 2. The van der Waals surface area contributed by atoms with E-state index in [0.29, 0.717) is 0 Å². The molecule has 0 aliphatic rings. The molecule has 0 saturated carbocycles. The van der Waals surface area contributed by atoms with E-state index in [0.717, 1.165) is 26.4 Å². The highest BCUT2D eigenvalue weighted by Crippen LogP contribution is 2.09. The standard InChI is InChI=1S/C14H22.C6H14O2/c1-2-3-4-5-6-8-11-14-12-9-7-10-13-14;1-3-7-5-6-8-4-2/h7,9-10,12-13H,2-6,8,11H2,1H3;3-6H2,1-2H3. The summed E-state index contributed by atoms with van der Waals surface area (Å²) in [6.07, 6.45) is 9.60. The summed E-state index contributed by atoms with van der Waals surface area (Å²) >= 11 is 0. The molecule has 0 atom stereocenters. The van der Waals surface area contributed by atoms with E-state index < -0.39 is 0 Å². The van der Waals surface area contributed by atoms with Crippen molar-refractivity contribution in [3.8, 4) is 0 Å². The van der Waals surface area contributed by atoms with Crippen LogP contribution in [-0.2, 0) is 15.9 Å². The molecule has 0 N–H and O–H groups in total. The van der Waals surface area contributed by atoms with Gasteiger partial charge in [0.25, 0.3) is 0 Å². The fourth-order valence-electron chi connectivity index (χ4n) is 2.16. The van der Waals surface area contributed by atoms with Gasteiger partial charge in [-0.2, -0.15) is 0 Å². The first kappa shape index (κ1) is 21.1. The minimum absolute atomic E-state index is 0.727. The lowest BCUT2D eigenvalue weighted by molar-refractivity contribution is 0.0584. The number of unbranched alkanes of at least 4 members (excludes halogenated alkanes) is 5. The Morgan fingerprint density at radius 3 is 1.77 bits per heavy atom. The number of hydrogen-bond donors (Lipinski definition) is 0. The first-order valence-electron chi connectivity index (χ1n) is 9.04. The highest BCUT2D eigenvalue weighted by atomic mass is 16.5. The lowest BCUT2D eigenvalue weighted by Crippen LogP contribution is -2.02. The Morgan fingerprint density at radius 1 is 0.682 bits per heavy atom. The fraction of sp³-hybridized carbons (Fsp3) is 0.700. The van der Waals surface area contributed by atoms with E-state index in [1.807, 2.05) is 13.8 Å². The summed E-state index contributed by atoms with van der Waals surface area (Å²) in [5, 5.41) is 0. The summed E-state index contributed by atoms with van der Waals surface area (Å²) in [7, 11) is 0. The van der Waals surface area contributed by atoms with Crippen LogP contribution < -0.4 is 0 Å². The van der Waals surface area contributed by atoms with Crippen LogP contribution in [0.5, 0.6) is 0 Å². The third kappa shape index (κ3) is 15.5. The van der Waals surface area contributed by atoms with Crippen molar-refractivity contribution in [3.63, 3.8) is 0 Å². The van der Waals surface area contributed by atoms with Crippen molar-refractivity contribution < 1.29 is 9.47 Å². The molecule has 128 valence electrons. The SMILES string of the molecule is CCCCCCCCc1ccccc1.CCOCCOCC. The third-order valence-electron chi connectivity index (χ3n) is 3.44. The van der Waals surface area contributed by atoms with Crippen LogP contribution in [-0.4, -0.2) is 26.4 Å². The smallest absolute Gasteiger partial charge is 0.0700 e. The van der Waals surface area contributed by atoms with E-state index in [1.54, 1.807) is 0 Å². The summed E-state index contributed by atoms with van der Waals surface area (Å²) < 4.78 is 10.0. The Bertz CT molecular complexity index is 292. The summed E-state index contributed by atoms with van der Waals surface area (Å²) in [6.45, 7) is 9.25. The molecule has 0 amide bonds. The molecule has 2 nitrogen and oxygen atoms in total. The van der Waals surface area contributed by atoms with Gasteiger partial charge in [-0.15, -0.1) is 0 Å². The predicted octanol–water partition coefficient (Wildman–Crippen LogP) is 5.65. The molecule has 1 aromatic carbocycles. The van der Waals surface area contributed by atoms with Gasteiger partial charge >= 0.3 is 0 Å². The third-order valence-corrected chi connectivity index (χ3v) is 3.44. The second kappa shape index (κ2) is 18.2. The maximum absolute atomic E-state index is 5.01. The molecular formula is C20H36O2. The molecule has 22 heavy (non-hydrogen) atoms. The zero-order valence-corrected chi connectivity index (χ0v) is 15.0. The maximum Gasteiger partial charge on any atom is 0.0700 e. The number of ether oxygens (including phenoxy) is 2. The van der Waals surface area contributed by atoms with Crippen LogP contribution in [0.3, 0.4) is 0 Å². The molecule has 2 heteroatoms. The van der Waals surface area contributed by atoms with Crippen molar-refractivity contribution in [2.75, 3.05) is 26.4 Å². The molecule has 0 bridgehead atoms. The van der Waals surface area contributed by atoms with Crippen LogP contribution in [0.1, 0.15) is 64.9 Å². The molecule has 0 aromatic heterocycles. The van der Waals surface area contributed by atoms with Crippen LogP contribution in [0, 0.1) is 0 Å². The molecule has 0 radical (unpaired) electrons. The van der Waals surface area contributed by atoms with Crippen LogP contribution in [0.2, 0.25) is 0 Å². The lowest BCUT2D eigenvalue weighted by atomic mass is 10.1. The normalized spacial score (nSPS) is 10.1. The molecule has 0 heterocycles. The summed E-state index contributed by atoms with van der Waals surface area (Å²) in [4.78, 5) is 0. The molecule has 0 fully saturated rings. The van der Waals surface area contributed by atoms with Crippen molar-refractivity contribution in [1.29, 1.82) is 0 Å². The van der Waals surface area contributed by atoms with E-state index in [1.165, 1.54) is 50.5 Å². The largest absolute Gasteiger partial charge is 0.379 e. The molecule has 0 saturated heterocycles. The van der Waals surface area contributed by atoms with Crippen molar-refractivity contribution in [3.05, 3.63) is 35.9 Å². The van der Waals surface area contributed by atoms with Gasteiger partial charge in [0, 0.05) is 13.2 Å². The molecule has 0 aliphatic carbocycles. The average molecular weight is 309 g/mol. The van der Waals surface area contributed by atoms with Crippen molar-refractivity contribution in [2.24, 2.45) is 0 Å². The predicted molar refractivity (Wildman–Crippen MR) is 96.5 cm³/mol. The van der Waals surface area contributed by atoms with Gasteiger partial charge in [0.15, 0.2) is 0 Å². The number of aryl methyl sites for hydroxylation is 1. The zero-order chi connectivity index (χ0) is 16.3. The van der Waals surface area contributed by atoms with Gasteiger partial charge in [0.1, 0.15) is 0 Å². The van der Waals surface area contributed by atoms with E-state index >= 15 is 0 Å². The summed E-state index contributed by atoms with van der Waals surface area (Å²) in [5.41, 5.74) is 1.49. The summed E-state index contributed by atoms with van der Waals surface area (Å²) in [6, 6.07) is 10.8. The van der Waals surface area contributed by atoms with Crippen molar-refractivity contribution >= 4 is 0 Å². The maximum atomic E-state index is 5.01. The van der Waals surface area contributed by atoms with Gasteiger partial charge in [-0.1, -0.05) is 69.4 Å². The van der Waals surface area contributed by atoms with Crippen LogP contribution in [0.15, 0.2) is 30.3 Å². The summed E-state index contributed by atoms with van der Waals surface area (Å²) in [5.74, 6) is 0. The topological polar surface area (TPSA) is 18.5 Å². The Labute approximate surface area is 138 Å². The first-order chi connectivity index (χ1) is 10.8. The van der Waals surface area contributed by atoms with E-state index in [-0.39, 0.29) is 0 Å². The van der Waals surface area contributed by atoms with Gasteiger partial charge in [-0.05, 0) is 32.3 Å². The Kier molecular flexibility index (Phi) is 17.5. The minimum atomic E-state index is 0.727. The van der Waals surface area contributed by atoms with E-state index in [2.05, 4.69) is 37.3 Å². The fourth-order valence-corrected chi connectivity index (χ4v) is 2.16. The second-order valence-electron chi connectivity index (χ2n) is 5.40. The molecule has 1 rings (SSSR count). The van der Waals surface area contributed by atoms with E-state index in [4.69, 9.17) is 9.47 Å². The Morgan fingerprint density at radius 2 is 1.23 bits per heavy atom. The van der Waals surface area contributed by atoms with Gasteiger partial charge in [-0.25, -0.2) is 0 Å². The lowest BCUT2D eigenvalue weighted by Gasteiger charge is -2.01. The highest BCUT2D eigenvalue weighted by Gasteiger charge is 1.92. The quantitative estimate of drug-likeness (QED) is 0.465. The molecule has 0 spiro atoms. The molecule has 0 unspecified atom stereocenters. The van der Waals surface area contributed by atoms with Crippen LogP contribution >= 0.6 is 0 Å². The first-order valence-corrected chi connectivity index (χ1v) is 9.04. The monoisotopic (exact) mass is 308 g/mol. The average Bonchev–Trinajstić information content (AvgIpc) is 2.56. The van der Waals surface area contributed by atoms with Gasteiger partial charge < -0.3 is 9.47 Å². The van der Waals surface area contributed by atoms with Crippen molar-refractivity contribution in [2.45, 2.75) is 65.7 Å². The minimum Gasteiger partial charge on any atom is -0.379 e. The molecule has 0 aliphatic heterocycles. The van der Waals surface area contributed by atoms with Crippen LogP contribution in [0.4, 0.5) is 0 Å². The highest BCUT2D eigenvalue weighted by molar-refractivity contribution is 5.14. The van der Waals surface area contributed by atoms with Gasteiger partial charge in [0.05, 0.1) is 13.2 Å². The Balaban J connectivity index is 0.000000472. The Hall–Kier alpha value is -0.860. The van der Waals surface area contributed by atoms with E-state index in [9.17, 15) is 0 Å². The molecule has 1 aromatic rings. The molecular weight excluding hydrogens is 272 g/mol.